The van der Waals surface area contributed by atoms with Crippen molar-refractivity contribution in [3.63, 3.8) is 0 Å². The van der Waals surface area contributed by atoms with Crippen LogP contribution in [-0.4, -0.2) is 43.7 Å². The predicted molar refractivity (Wildman–Crippen MR) is 118 cm³/mol. The summed E-state index contributed by atoms with van der Waals surface area (Å²) >= 11 is 0. The molecule has 2 N–H and O–H groups in total. The molecule has 2 aliphatic carbocycles. The molecule has 9 nitrogen and oxygen atoms in total. The summed E-state index contributed by atoms with van der Waals surface area (Å²) in [5.41, 5.74) is 1.64. The maximum Gasteiger partial charge on any atom is 0.229 e. The van der Waals surface area contributed by atoms with Gasteiger partial charge in [0.2, 0.25) is 11.8 Å². The van der Waals surface area contributed by atoms with E-state index in [1.54, 1.807) is 19.5 Å². The summed E-state index contributed by atoms with van der Waals surface area (Å²) in [5, 5.41) is 12.2. The fourth-order valence-electron chi connectivity index (χ4n) is 4.18. The number of methoxy groups -OCH3 is 1. The van der Waals surface area contributed by atoms with Crippen molar-refractivity contribution < 1.29 is 9.53 Å². The zero-order chi connectivity index (χ0) is 21.4. The van der Waals surface area contributed by atoms with Gasteiger partial charge >= 0.3 is 0 Å². The van der Waals surface area contributed by atoms with Crippen LogP contribution in [-0.2, 0) is 4.79 Å². The Morgan fingerprint density at radius 3 is 2.74 bits per heavy atom. The number of nitrogens with one attached hydrogen (secondary N) is 2. The number of hydrogen-bond donors (Lipinski definition) is 2. The lowest BCUT2D eigenvalue weighted by Crippen LogP contribution is -2.19. The number of fused-ring (bicyclic) bond motifs is 1. The third-order valence-electron chi connectivity index (χ3n) is 6.35. The van der Waals surface area contributed by atoms with Crippen molar-refractivity contribution in [2.75, 3.05) is 17.7 Å². The van der Waals surface area contributed by atoms with Gasteiger partial charge in [0.1, 0.15) is 17.5 Å². The molecule has 3 aromatic rings. The lowest BCUT2D eigenvalue weighted by molar-refractivity contribution is -0.112. The van der Waals surface area contributed by atoms with Gasteiger partial charge < -0.3 is 20.2 Å². The zero-order valence-corrected chi connectivity index (χ0v) is 17.8. The van der Waals surface area contributed by atoms with Crippen LogP contribution in [0.25, 0.3) is 10.9 Å². The summed E-state index contributed by atoms with van der Waals surface area (Å²) < 4.78 is 7.45. The second kappa shape index (κ2) is 7.79. The highest BCUT2D eigenvalue weighted by molar-refractivity contribution is 5.94. The molecule has 162 valence electrons. The van der Waals surface area contributed by atoms with Crippen LogP contribution in [0, 0.1) is 5.92 Å². The Bertz CT molecular complexity index is 1100. The fraction of sp³-hybridized carbons (Fsp3) is 0.500. The van der Waals surface area contributed by atoms with Crippen LogP contribution < -0.4 is 15.4 Å². The lowest BCUT2D eigenvalue weighted by atomic mass is 9.87. The van der Waals surface area contributed by atoms with E-state index in [1.807, 2.05) is 16.9 Å². The molecule has 9 heteroatoms. The summed E-state index contributed by atoms with van der Waals surface area (Å²) in [7, 11) is 1.60. The van der Waals surface area contributed by atoms with Gasteiger partial charge in [0.25, 0.3) is 0 Å². The molecule has 31 heavy (non-hydrogen) atoms. The molecule has 0 radical (unpaired) electrons. The van der Waals surface area contributed by atoms with Crippen LogP contribution in [0.4, 0.5) is 17.5 Å². The van der Waals surface area contributed by atoms with Crippen molar-refractivity contribution in [2.24, 2.45) is 5.92 Å². The van der Waals surface area contributed by atoms with Crippen molar-refractivity contribution >= 4 is 34.6 Å². The van der Waals surface area contributed by atoms with Crippen molar-refractivity contribution in [2.45, 2.75) is 57.0 Å². The molecule has 2 aliphatic rings. The largest absolute Gasteiger partial charge is 0.480 e. The molecule has 0 spiro atoms. The summed E-state index contributed by atoms with van der Waals surface area (Å²) in [6, 6.07) is 2.19. The Morgan fingerprint density at radius 2 is 2.03 bits per heavy atom. The lowest BCUT2D eigenvalue weighted by Gasteiger charge is -2.25. The van der Waals surface area contributed by atoms with E-state index in [2.05, 4.69) is 32.6 Å². The molecule has 0 atom stereocenters. The Labute approximate surface area is 180 Å². The molecular formula is C22H27N7O2. The normalized spacial score (nSPS) is 22.1. The van der Waals surface area contributed by atoms with Gasteiger partial charge in [-0.1, -0.05) is 0 Å². The molecular weight excluding hydrogens is 394 g/mol. The number of rotatable bonds is 7. The quantitative estimate of drug-likeness (QED) is 0.554. The van der Waals surface area contributed by atoms with E-state index in [1.165, 1.54) is 0 Å². The van der Waals surface area contributed by atoms with E-state index >= 15 is 0 Å². The first-order valence-electron chi connectivity index (χ1n) is 10.8. The Hall–Kier alpha value is -3.23. The predicted octanol–water partition coefficient (Wildman–Crippen LogP) is 3.87. The Balaban J connectivity index is 1.41. The molecule has 3 aromatic heterocycles. The third-order valence-corrected chi connectivity index (χ3v) is 6.35. The topological polar surface area (TPSA) is 107 Å². The molecule has 0 bridgehead atoms. The molecule has 0 amide bonds. The first kappa shape index (κ1) is 19.7. The number of aldehydes is 1. The van der Waals surface area contributed by atoms with Gasteiger partial charge in [-0.25, -0.2) is 9.97 Å². The van der Waals surface area contributed by atoms with Gasteiger partial charge in [0.15, 0.2) is 0 Å². The minimum absolute atomic E-state index is 0.0463. The van der Waals surface area contributed by atoms with E-state index in [9.17, 15) is 4.79 Å². The number of anilines is 3. The minimum atomic E-state index is 0.0463. The van der Waals surface area contributed by atoms with E-state index in [0.717, 1.165) is 67.2 Å². The first-order valence-corrected chi connectivity index (χ1v) is 10.8. The SMILES string of the molecule is COc1nccc2nc(Nc3cnn(C4CCC(C=O)CC4)c3)nc(NC3(C)CC3)c12. The molecule has 3 heterocycles. The van der Waals surface area contributed by atoms with Crippen LogP contribution in [0.15, 0.2) is 24.7 Å². The summed E-state index contributed by atoms with van der Waals surface area (Å²) in [4.78, 5) is 24.7. The average Bonchev–Trinajstić information content (AvgIpc) is 3.33. The van der Waals surface area contributed by atoms with E-state index in [0.29, 0.717) is 17.9 Å². The van der Waals surface area contributed by atoms with Crippen LogP contribution in [0.2, 0.25) is 0 Å². The van der Waals surface area contributed by atoms with Crippen molar-refractivity contribution in [3.05, 3.63) is 24.7 Å². The van der Waals surface area contributed by atoms with E-state index < -0.39 is 0 Å². The van der Waals surface area contributed by atoms with Crippen molar-refractivity contribution in [3.8, 4) is 5.88 Å². The van der Waals surface area contributed by atoms with Crippen LogP contribution >= 0.6 is 0 Å². The van der Waals surface area contributed by atoms with E-state index in [-0.39, 0.29) is 11.5 Å². The zero-order valence-electron chi connectivity index (χ0n) is 17.8. The standard InChI is InChI=1S/C22H27N7O2/c1-22(8-9-22)28-19-18-17(7-10-23-20(18)31-2)26-21(27-19)25-15-11-24-29(12-15)16-5-3-14(13-30)4-6-16/h7,10-14,16H,3-6,8-9H2,1-2H3,(H2,25,26,27,28). The Kier molecular flexibility index (Phi) is 4.95. The maximum absolute atomic E-state index is 11.0. The van der Waals surface area contributed by atoms with Gasteiger partial charge in [-0.15, -0.1) is 0 Å². The Morgan fingerprint density at radius 1 is 1.23 bits per heavy atom. The molecule has 0 saturated heterocycles. The van der Waals surface area contributed by atoms with Gasteiger partial charge in [-0.2, -0.15) is 10.1 Å². The minimum Gasteiger partial charge on any atom is -0.480 e. The van der Waals surface area contributed by atoms with Crippen LogP contribution in [0.1, 0.15) is 51.5 Å². The number of aromatic nitrogens is 5. The highest BCUT2D eigenvalue weighted by Crippen LogP contribution is 2.41. The van der Waals surface area contributed by atoms with Crippen LogP contribution in [0.5, 0.6) is 5.88 Å². The van der Waals surface area contributed by atoms with Gasteiger partial charge in [0.05, 0.1) is 30.6 Å². The fourth-order valence-corrected chi connectivity index (χ4v) is 4.18. The molecule has 2 fully saturated rings. The number of nitrogens with zero attached hydrogens (tertiary/aromatic N) is 5. The van der Waals surface area contributed by atoms with Gasteiger partial charge in [0, 0.05) is 23.9 Å². The molecule has 0 aliphatic heterocycles. The van der Waals surface area contributed by atoms with Gasteiger partial charge in [-0.3, -0.25) is 4.68 Å². The second-order valence-corrected chi connectivity index (χ2v) is 8.83. The highest BCUT2D eigenvalue weighted by Gasteiger charge is 2.38. The summed E-state index contributed by atoms with van der Waals surface area (Å²) in [6.07, 6.45) is 12.5. The first-order chi connectivity index (χ1) is 15.1. The average molecular weight is 422 g/mol. The summed E-state index contributed by atoms with van der Waals surface area (Å²) in [6.45, 7) is 2.18. The number of carbonyl (C=O) groups excluding carboxylic acids is 1. The number of hydrogen-bond acceptors (Lipinski definition) is 8. The monoisotopic (exact) mass is 421 g/mol. The molecule has 2 saturated carbocycles. The third kappa shape index (κ3) is 4.04. The van der Waals surface area contributed by atoms with E-state index in [4.69, 9.17) is 9.72 Å². The van der Waals surface area contributed by atoms with Crippen LogP contribution in [0.3, 0.4) is 0 Å². The highest BCUT2D eigenvalue weighted by atomic mass is 16.5. The molecule has 0 unspecified atom stereocenters. The number of carbonyl (C=O) groups is 1. The van der Waals surface area contributed by atoms with Crippen molar-refractivity contribution in [1.82, 2.24) is 24.7 Å². The molecule has 0 aromatic carbocycles. The van der Waals surface area contributed by atoms with Gasteiger partial charge in [-0.05, 0) is 51.5 Å². The van der Waals surface area contributed by atoms with Crippen molar-refractivity contribution in [1.29, 1.82) is 0 Å². The second-order valence-electron chi connectivity index (χ2n) is 8.83. The summed E-state index contributed by atoms with van der Waals surface area (Å²) in [5.74, 6) is 1.92. The maximum atomic E-state index is 11.0. The number of pyridine rings is 1. The number of ether oxygens (including phenoxy) is 1. The molecule has 5 rings (SSSR count). The smallest absolute Gasteiger partial charge is 0.229 e.